The summed E-state index contributed by atoms with van der Waals surface area (Å²) < 4.78 is 35.3. The monoisotopic (exact) mass is 694 g/mol. The maximum absolute atomic E-state index is 14.2. The zero-order chi connectivity index (χ0) is 36.7. The Morgan fingerprint density at radius 3 is 1.98 bits per heavy atom. The number of aromatic hydroxyl groups is 1. The first kappa shape index (κ1) is 36.5. The number of aromatic nitrogens is 1. The number of hydrogen-bond donors (Lipinski definition) is 1. The van der Waals surface area contributed by atoms with Crippen LogP contribution in [-0.4, -0.2) is 76.7 Å². The largest absolute Gasteiger partial charge is 0.504 e. The third-order valence-corrected chi connectivity index (χ3v) is 9.08. The molecule has 0 saturated carbocycles. The van der Waals surface area contributed by atoms with Gasteiger partial charge in [0, 0.05) is 36.6 Å². The number of phenolic OH excluding ortho intramolecular Hbond substituents is 1. The van der Waals surface area contributed by atoms with Gasteiger partial charge in [-0.15, -0.1) is 0 Å². The highest BCUT2D eigenvalue weighted by Crippen LogP contribution is 2.41. The number of likely N-dealkylation sites (N-methyl/N-ethyl adjacent to an activating group) is 1. The Hall–Kier alpha value is -5.77. The average molecular weight is 695 g/mol. The summed E-state index contributed by atoms with van der Waals surface area (Å²) in [6.07, 6.45) is 3.32. The summed E-state index contributed by atoms with van der Waals surface area (Å²) >= 11 is 0. The van der Waals surface area contributed by atoms with Crippen molar-refractivity contribution < 1.29 is 38.3 Å². The van der Waals surface area contributed by atoms with Gasteiger partial charge >= 0.3 is 0 Å². The number of hydrogen-bond acceptors (Lipinski definition) is 8. The number of amides is 1. The fourth-order valence-electron chi connectivity index (χ4n) is 6.38. The van der Waals surface area contributed by atoms with Gasteiger partial charge in [-0.25, -0.2) is 0 Å². The summed E-state index contributed by atoms with van der Waals surface area (Å²) in [7, 11) is 11.2. The normalized spacial score (nSPS) is 11.3. The Labute approximate surface area is 299 Å². The molecule has 51 heavy (non-hydrogen) atoms. The number of nitrogens with zero attached hydrogens (tertiary/aromatic N) is 2. The quantitative estimate of drug-likeness (QED) is 0.0672. The van der Waals surface area contributed by atoms with E-state index >= 15 is 0 Å². The number of carbonyl (C=O) groups excluding carboxylic acids is 1. The second-order valence-corrected chi connectivity index (χ2v) is 12.1. The van der Waals surface area contributed by atoms with Crippen molar-refractivity contribution in [1.29, 1.82) is 0 Å². The zero-order valence-corrected chi connectivity index (χ0v) is 30.5. The number of methoxy groups -OCH3 is 6. The molecule has 0 radical (unpaired) electrons. The number of phenols is 1. The first-order chi connectivity index (χ1) is 24.7. The van der Waals surface area contributed by atoms with Crippen LogP contribution in [0.3, 0.4) is 0 Å². The molecule has 268 valence electrons. The summed E-state index contributed by atoms with van der Waals surface area (Å²) in [5.74, 6) is 2.98. The van der Waals surface area contributed by atoms with Gasteiger partial charge in [-0.2, -0.15) is 0 Å². The number of rotatable bonds is 15. The van der Waals surface area contributed by atoms with Gasteiger partial charge in [0.25, 0.3) is 5.91 Å². The highest BCUT2D eigenvalue weighted by atomic mass is 16.5. The van der Waals surface area contributed by atoms with E-state index in [1.54, 1.807) is 62.6 Å². The van der Waals surface area contributed by atoms with E-state index in [1.807, 2.05) is 18.2 Å². The second-order valence-electron chi connectivity index (χ2n) is 12.1. The van der Waals surface area contributed by atoms with E-state index in [0.29, 0.717) is 46.2 Å². The van der Waals surface area contributed by atoms with Crippen molar-refractivity contribution in [1.82, 2.24) is 9.47 Å². The maximum atomic E-state index is 14.2. The molecule has 10 nitrogen and oxygen atoms in total. The fourth-order valence-corrected chi connectivity index (χ4v) is 6.38. The lowest BCUT2D eigenvalue weighted by Crippen LogP contribution is -2.28. The van der Waals surface area contributed by atoms with Crippen molar-refractivity contribution in [3.05, 3.63) is 89.5 Å². The minimum absolute atomic E-state index is 0.0310. The van der Waals surface area contributed by atoms with Gasteiger partial charge in [0.1, 0.15) is 11.5 Å². The van der Waals surface area contributed by atoms with E-state index in [2.05, 4.69) is 35.8 Å². The molecule has 4 aromatic carbocycles. The molecule has 1 amide bonds. The molecule has 0 unspecified atom stereocenters. The Morgan fingerprint density at radius 2 is 1.39 bits per heavy atom. The molecule has 0 bridgehead atoms. The molecule has 10 heteroatoms. The summed E-state index contributed by atoms with van der Waals surface area (Å²) in [6, 6.07) is 22.8. The minimum Gasteiger partial charge on any atom is -0.504 e. The first-order valence-electron chi connectivity index (χ1n) is 16.6. The first-order valence-corrected chi connectivity index (χ1v) is 16.6. The van der Waals surface area contributed by atoms with Crippen molar-refractivity contribution in [3.8, 4) is 51.5 Å². The van der Waals surface area contributed by atoms with Crippen LogP contribution in [0.15, 0.2) is 72.8 Å². The van der Waals surface area contributed by atoms with E-state index in [9.17, 15) is 9.90 Å². The summed E-state index contributed by atoms with van der Waals surface area (Å²) in [5.41, 5.74) is 6.12. The molecular weight excluding hydrogens is 648 g/mol. The van der Waals surface area contributed by atoms with Crippen molar-refractivity contribution in [2.75, 3.05) is 56.3 Å². The zero-order valence-electron chi connectivity index (χ0n) is 30.5. The molecule has 0 saturated heterocycles. The van der Waals surface area contributed by atoms with Gasteiger partial charge in [0.15, 0.2) is 23.0 Å². The van der Waals surface area contributed by atoms with Crippen molar-refractivity contribution >= 4 is 28.5 Å². The predicted molar refractivity (Wildman–Crippen MR) is 201 cm³/mol. The lowest BCUT2D eigenvalue weighted by atomic mass is 10.00. The molecule has 0 atom stereocenters. The molecule has 1 heterocycles. The molecule has 0 aliphatic heterocycles. The molecule has 5 rings (SSSR count). The smallest absolute Gasteiger partial charge is 0.254 e. The van der Waals surface area contributed by atoms with Crippen LogP contribution >= 0.6 is 0 Å². The maximum Gasteiger partial charge on any atom is 0.254 e. The Balaban J connectivity index is 1.42. The lowest BCUT2D eigenvalue weighted by molar-refractivity contribution is -0.123. The van der Waals surface area contributed by atoms with Crippen LogP contribution in [0.25, 0.3) is 33.8 Å². The van der Waals surface area contributed by atoms with Crippen LogP contribution in [0.2, 0.25) is 0 Å². The van der Waals surface area contributed by atoms with Crippen molar-refractivity contribution in [3.63, 3.8) is 0 Å². The minimum atomic E-state index is -0.201. The number of fused-ring (bicyclic) bond motifs is 1. The van der Waals surface area contributed by atoms with E-state index < -0.39 is 0 Å². The second kappa shape index (κ2) is 16.3. The number of unbranched alkanes of at least 4 members (excludes halogenated alkanes) is 1. The van der Waals surface area contributed by atoms with Gasteiger partial charge in [0.2, 0.25) is 5.75 Å². The van der Waals surface area contributed by atoms with E-state index in [0.717, 1.165) is 53.0 Å². The number of benzene rings is 4. The Morgan fingerprint density at radius 1 is 0.745 bits per heavy atom. The third-order valence-electron chi connectivity index (χ3n) is 9.08. The molecule has 1 N–H and O–H groups in total. The predicted octanol–water partition coefficient (Wildman–Crippen LogP) is 7.85. The number of ether oxygens (including phenoxy) is 6. The van der Waals surface area contributed by atoms with Gasteiger partial charge in [0.05, 0.1) is 48.4 Å². The van der Waals surface area contributed by atoms with Crippen LogP contribution in [0.1, 0.15) is 29.5 Å². The van der Waals surface area contributed by atoms with Gasteiger partial charge < -0.3 is 43.0 Å². The summed E-state index contributed by atoms with van der Waals surface area (Å²) in [5, 5.41) is 11.6. The highest BCUT2D eigenvalue weighted by molar-refractivity contribution is 6.24. The SMILES string of the molecule is COc1ccc(-c2c(C)c3cc(OC)ccc3n2CCCCN(C)C(=O)/C(=C/c2ccc(OC)c(O)c2)c2cc(OC)c(OC)c(OC)c2)cc1. The van der Waals surface area contributed by atoms with Crippen LogP contribution in [-0.2, 0) is 11.3 Å². The van der Waals surface area contributed by atoms with E-state index in [-0.39, 0.29) is 11.7 Å². The average Bonchev–Trinajstić information content (AvgIpc) is 3.44. The molecule has 0 aliphatic carbocycles. The molecule has 1 aromatic heterocycles. The van der Waals surface area contributed by atoms with Crippen LogP contribution in [0.4, 0.5) is 0 Å². The van der Waals surface area contributed by atoms with Gasteiger partial charge in [-0.05, 0) is 115 Å². The molecule has 0 fully saturated rings. The Kier molecular flexibility index (Phi) is 11.7. The van der Waals surface area contributed by atoms with Crippen molar-refractivity contribution in [2.45, 2.75) is 26.3 Å². The summed E-state index contributed by atoms with van der Waals surface area (Å²) in [6.45, 7) is 3.41. The number of aryl methyl sites for hydroxylation is 2. The van der Waals surface area contributed by atoms with Crippen LogP contribution in [0.5, 0.6) is 40.2 Å². The van der Waals surface area contributed by atoms with E-state index in [4.69, 9.17) is 28.4 Å². The third kappa shape index (κ3) is 7.70. The van der Waals surface area contributed by atoms with Gasteiger partial charge in [-0.3, -0.25) is 4.79 Å². The highest BCUT2D eigenvalue weighted by Gasteiger charge is 2.22. The van der Waals surface area contributed by atoms with Crippen molar-refractivity contribution in [2.24, 2.45) is 0 Å². The molecule has 0 aliphatic rings. The number of carbonyl (C=O) groups is 1. The van der Waals surface area contributed by atoms with Gasteiger partial charge in [-0.1, -0.05) is 6.07 Å². The molecular formula is C41H46N2O8. The van der Waals surface area contributed by atoms with E-state index in [1.165, 1.54) is 34.0 Å². The van der Waals surface area contributed by atoms with Crippen LogP contribution < -0.4 is 28.4 Å². The standard InChI is InChI=1S/C41H46N2O8/c1-26-32-25-31(47-4)16-17-34(32)43(39(26)28-12-14-30(46-3)15-13-28)20-10-9-19-42(2)41(45)33(21-27-11-18-36(48-5)35(44)22-27)29-23-37(49-6)40(51-8)38(24-29)50-7/h11-18,21-25,44H,9-10,19-20H2,1-8H3/b33-21+. The Bertz CT molecular complexity index is 2010. The summed E-state index contributed by atoms with van der Waals surface area (Å²) in [4.78, 5) is 15.9. The molecule has 0 spiro atoms. The fraction of sp³-hybridized carbons (Fsp3) is 0.293. The van der Waals surface area contributed by atoms with Crippen LogP contribution in [0, 0.1) is 6.92 Å². The topological polar surface area (TPSA) is 101 Å². The lowest BCUT2D eigenvalue weighted by Gasteiger charge is -2.21. The molecule has 5 aromatic rings.